The lowest BCUT2D eigenvalue weighted by Crippen LogP contribution is -2.12. The third-order valence-corrected chi connectivity index (χ3v) is 4.77. The molecule has 0 bridgehead atoms. The van der Waals surface area contributed by atoms with Gasteiger partial charge in [-0.2, -0.15) is 0 Å². The molecule has 0 saturated carbocycles. The van der Waals surface area contributed by atoms with Gasteiger partial charge in [-0.15, -0.1) is 0 Å². The number of ether oxygens (including phenoxy) is 1. The van der Waals surface area contributed by atoms with Gasteiger partial charge in [0.1, 0.15) is 11.5 Å². The number of amides is 1. The van der Waals surface area contributed by atoms with Crippen LogP contribution < -0.4 is 10.1 Å². The van der Waals surface area contributed by atoms with Crippen LogP contribution in [0.25, 0.3) is 0 Å². The van der Waals surface area contributed by atoms with Gasteiger partial charge in [-0.3, -0.25) is 4.79 Å². The lowest BCUT2D eigenvalue weighted by molar-refractivity contribution is 0.0994. The van der Waals surface area contributed by atoms with Crippen LogP contribution in [0.2, 0.25) is 0 Å². The average molecular weight is 363 g/mol. The molecule has 27 heavy (non-hydrogen) atoms. The van der Waals surface area contributed by atoms with Gasteiger partial charge in [0.15, 0.2) is 5.76 Å². The first kappa shape index (κ1) is 18.8. The van der Waals surface area contributed by atoms with Gasteiger partial charge < -0.3 is 14.5 Å². The summed E-state index contributed by atoms with van der Waals surface area (Å²) in [5.74, 6) is 1.40. The number of carbonyl (C=O) groups excluding carboxylic acids is 1. The zero-order valence-electron chi connectivity index (χ0n) is 16.5. The van der Waals surface area contributed by atoms with Crippen LogP contribution in [-0.4, -0.2) is 13.0 Å². The van der Waals surface area contributed by atoms with Crippen LogP contribution >= 0.6 is 0 Å². The normalized spacial score (nSPS) is 10.7. The van der Waals surface area contributed by atoms with Crippen molar-refractivity contribution in [2.45, 2.75) is 34.1 Å². The van der Waals surface area contributed by atoms with Crippen molar-refractivity contribution in [3.63, 3.8) is 0 Å². The number of rotatable bonds is 5. The molecule has 1 amide bonds. The summed E-state index contributed by atoms with van der Waals surface area (Å²) in [6.45, 7) is 8.24. The molecule has 3 rings (SSSR count). The molecular weight excluding hydrogens is 338 g/mol. The molecule has 4 heteroatoms. The third kappa shape index (κ3) is 4.05. The van der Waals surface area contributed by atoms with Crippen LogP contribution in [-0.2, 0) is 6.42 Å². The number of hydrogen-bond acceptors (Lipinski definition) is 3. The number of anilines is 1. The van der Waals surface area contributed by atoms with Gasteiger partial charge in [0.25, 0.3) is 5.91 Å². The highest BCUT2D eigenvalue weighted by Crippen LogP contribution is 2.28. The molecule has 0 aliphatic rings. The van der Waals surface area contributed by atoms with Crippen LogP contribution in [0.5, 0.6) is 5.75 Å². The predicted octanol–water partition coefficient (Wildman–Crippen LogP) is 5.36. The molecule has 0 aliphatic carbocycles. The number of nitrogens with one attached hydrogen (secondary N) is 1. The lowest BCUT2D eigenvalue weighted by Gasteiger charge is -2.12. The predicted molar refractivity (Wildman–Crippen MR) is 108 cm³/mol. The minimum absolute atomic E-state index is 0.286. The average Bonchev–Trinajstić information content (AvgIpc) is 3.08. The first-order valence-electron chi connectivity index (χ1n) is 8.99. The van der Waals surface area contributed by atoms with Gasteiger partial charge in [0.2, 0.25) is 0 Å². The van der Waals surface area contributed by atoms with E-state index < -0.39 is 0 Å². The summed E-state index contributed by atoms with van der Waals surface area (Å²) < 4.78 is 11.2. The Morgan fingerprint density at radius 2 is 1.70 bits per heavy atom. The van der Waals surface area contributed by atoms with E-state index in [1.807, 2.05) is 31.2 Å². The number of hydrogen-bond donors (Lipinski definition) is 1. The van der Waals surface area contributed by atoms with Gasteiger partial charge in [0, 0.05) is 6.42 Å². The van der Waals surface area contributed by atoms with Crippen molar-refractivity contribution in [2.75, 3.05) is 12.4 Å². The van der Waals surface area contributed by atoms with E-state index >= 15 is 0 Å². The zero-order valence-corrected chi connectivity index (χ0v) is 16.5. The molecular formula is C23H25NO3. The van der Waals surface area contributed by atoms with Crippen LogP contribution in [0.3, 0.4) is 0 Å². The van der Waals surface area contributed by atoms with Crippen molar-refractivity contribution in [3.05, 3.63) is 81.8 Å². The second-order valence-electron chi connectivity index (χ2n) is 6.93. The maximum absolute atomic E-state index is 12.6. The van der Waals surface area contributed by atoms with Crippen LogP contribution in [0.15, 0.2) is 46.9 Å². The molecule has 2 aromatic carbocycles. The number of benzene rings is 2. The second-order valence-corrected chi connectivity index (χ2v) is 6.93. The van der Waals surface area contributed by atoms with E-state index in [1.165, 1.54) is 22.3 Å². The fraction of sp³-hybridized carbons (Fsp3) is 0.261. The molecule has 1 heterocycles. The molecule has 0 atom stereocenters. The minimum Gasteiger partial charge on any atom is -0.495 e. The summed E-state index contributed by atoms with van der Waals surface area (Å²) in [6.07, 6.45) is 0.666. The van der Waals surface area contributed by atoms with E-state index in [2.05, 4.69) is 38.2 Å². The van der Waals surface area contributed by atoms with Gasteiger partial charge in [-0.1, -0.05) is 29.8 Å². The number of furan rings is 1. The monoisotopic (exact) mass is 363 g/mol. The summed E-state index contributed by atoms with van der Waals surface area (Å²) in [4.78, 5) is 12.6. The van der Waals surface area contributed by atoms with Gasteiger partial charge >= 0.3 is 0 Å². The number of para-hydroxylation sites is 1. The third-order valence-electron chi connectivity index (χ3n) is 4.77. The standard InChI is InChI=1S/C23H25NO3/c1-14-11-16(3)19(17(4)12-14)13-18-9-10-21(27-18)23(25)24-22-15(2)7-6-8-20(22)26-5/h6-12H,13H2,1-5H3,(H,24,25). The zero-order chi connectivity index (χ0) is 19.6. The topological polar surface area (TPSA) is 51.5 Å². The molecule has 1 N–H and O–H groups in total. The smallest absolute Gasteiger partial charge is 0.291 e. The van der Waals surface area contributed by atoms with Crippen LogP contribution in [0, 0.1) is 27.7 Å². The van der Waals surface area contributed by atoms with E-state index in [1.54, 1.807) is 13.2 Å². The Labute approximate surface area is 160 Å². The molecule has 0 unspecified atom stereocenters. The van der Waals surface area contributed by atoms with E-state index in [0.717, 1.165) is 11.3 Å². The maximum Gasteiger partial charge on any atom is 0.291 e. The molecule has 0 spiro atoms. The summed E-state index contributed by atoms with van der Waals surface area (Å²) >= 11 is 0. The van der Waals surface area contributed by atoms with E-state index in [9.17, 15) is 4.79 Å². The van der Waals surface area contributed by atoms with Crippen LogP contribution in [0.1, 0.15) is 44.1 Å². The van der Waals surface area contributed by atoms with Crippen molar-refractivity contribution in [2.24, 2.45) is 0 Å². The second kappa shape index (κ2) is 7.70. The molecule has 3 aromatic rings. The molecule has 4 nitrogen and oxygen atoms in total. The Bertz CT molecular complexity index is 962. The van der Waals surface area contributed by atoms with Crippen molar-refractivity contribution < 1.29 is 13.9 Å². The Kier molecular flexibility index (Phi) is 5.36. The summed E-state index contributed by atoms with van der Waals surface area (Å²) in [7, 11) is 1.58. The van der Waals surface area contributed by atoms with Crippen molar-refractivity contribution in [3.8, 4) is 5.75 Å². The number of carbonyl (C=O) groups is 1. The van der Waals surface area contributed by atoms with E-state index in [-0.39, 0.29) is 11.7 Å². The maximum atomic E-state index is 12.6. The van der Waals surface area contributed by atoms with E-state index in [4.69, 9.17) is 9.15 Å². The first-order chi connectivity index (χ1) is 12.9. The Hall–Kier alpha value is -3.01. The summed E-state index contributed by atoms with van der Waals surface area (Å²) in [5, 5.41) is 2.90. The SMILES string of the molecule is COc1cccc(C)c1NC(=O)c1ccc(Cc2c(C)cc(C)cc2C)o1. The summed E-state index contributed by atoms with van der Waals surface area (Å²) in [6, 6.07) is 13.6. The van der Waals surface area contributed by atoms with Crippen molar-refractivity contribution >= 4 is 11.6 Å². The van der Waals surface area contributed by atoms with Gasteiger partial charge in [0.05, 0.1) is 12.8 Å². The Morgan fingerprint density at radius 1 is 1.00 bits per heavy atom. The quantitative estimate of drug-likeness (QED) is 0.663. The van der Waals surface area contributed by atoms with Gasteiger partial charge in [-0.25, -0.2) is 0 Å². The van der Waals surface area contributed by atoms with Gasteiger partial charge in [-0.05, 0) is 68.1 Å². The molecule has 0 aliphatic heterocycles. The highest BCUT2D eigenvalue weighted by molar-refractivity contribution is 6.03. The number of aryl methyl sites for hydroxylation is 4. The lowest BCUT2D eigenvalue weighted by atomic mass is 9.97. The molecule has 0 saturated heterocycles. The highest BCUT2D eigenvalue weighted by atomic mass is 16.5. The fourth-order valence-corrected chi connectivity index (χ4v) is 3.40. The largest absolute Gasteiger partial charge is 0.495 e. The first-order valence-corrected chi connectivity index (χ1v) is 8.99. The van der Waals surface area contributed by atoms with E-state index in [0.29, 0.717) is 17.9 Å². The number of methoxy groups -OCH3 is 1. The summed E-state index contributed by atoms with van der Waals surface area (Å²) in [5.41, 5.74) is 6.55. The Morgan fingerprint density at radius 3 is 2.37 bits per heavy atom. The fourth-order valence-electron chi connectivity index (χ4n) is 3.40. The van der Waals surface area contributed by atoms with Crippen LogP contribution in [0.4, 0.5) is 5.69 Å². The minimum atomic E-state index is -0.286. The van der Waals surface area contributed by atoms with Crippen molar-refractivity contribution in [1.29, 1.82) is 0 Å². The molecule has 0 fully saturated rings. The van der Waals surface area contributed by atoms with Crippen molar-refractivity contribution in [1.82, 2.24) is 0 Å². The molecule has 0 radical (unpaired) electrons. The Balaban J connectivity index is 1.79. The highest BCUT2D eigenvalue weighted by Gasteiger charge is 2.16. The molecule has 140 valence electrons. The molecule has 1 aromatic heterocycles.